The number of hydrogen-bond acceptors (Lipinski definition) is 5. The molecule has 0 saturated carbocycles. The van der Waals surface area contributed by atoms with Crippen molar-refractivity contribution >= 4 is 22.3 Å². The van der Waals surface area contributed by atoms with Crippen molar-refractivity contribution in [3.63, 3.8) is 0 Å². The molecule has 0 radical (unpaired) electrons. The Hall–Kier alpha value is -2.96. The maximum atomic E-state index is 11.1. The second kappa shape index (κ2) is 5.80. The van der Waals surface area contributed by atoms with E-state index in [1.807, 2.05) is 24.0 Å². The number of aromatic nitrogens is 3. The first-order valence-electron chi connectivity index (χ1n) is 6.90. The maximum Gasteiger partial charge on any atom is 0.278 e. The molecule has 7 heteroatoms. The lowest BCUT2D eigenvalue weighted by Crippen LogP contribution is -2.11. The van der Waals surface area contributed by atoms with Gasteiger partial charge in [-0.05, 0) is 30.7 Å². The van der Waals surface area contributed by atoms with Gasteiger partial charge in [0.25, 0.3) is 5.69 Å². The van der Waals surface area contributed by atoms with Crippen LogP contribution in [0.4, 0.5) is 11.4 Å². The number of anilines is 1. The Balaban J connectivity index is 1.82. The lowest BCUT2D eigenvalue weighted by atomic mass is 10.1. The van der Waals surface area contributed by atoms with Gasteiger partial charge >= 0.3 is 0 Å². The summed E-state index contributed by atoms with van der Waals surface area (Å²) in [6.07, 6.45) is 5.41. The van der Waals surface area contributed by atoms with Crippen molar-refractivity contribution in [1.82, 2.24) is 14.8 Å². The molecule has 7 nitrogen and oxygen atoms in total. The number of fused-ring (bicyclic) bond motifs is 1. The highest BCUT2D eigenvalue weighted by molar-refractivity contribution is 5.96. The quantitative estimate of drug-likeness (QED) is 0.578. The number of benzene rings is 1. The summed E-state index contributed by atoms with van der Waals surface area (Å²) in [5.41, 5.74) is 2.57. The molecule has 0 saturated heterocycles. The van der Waals surface area contributed by atoms with Crippen molar-refractivity contribution in [2.24, 2.45) is 0 Å². The molecule has 112 valence electrons. The third-order valence-electron chi connectivity index (χ3n) is 3.36. The van der Waals surface area contributed by atoms with Gasteiger partial charge in [0.2, 0.25) is 0 Å². The Morgan fingerprint density at radius 3 is 2.95 bits per heavy atom. The van der Waals surface area contributed by atoms with E-state index in [2.05, 4.69) is 15.4 Å². The standard InChI is InChI=1S/C15H15N5O2/c1-11-9-18-19(10-11)8-7-16-13-4-5-14(20(21)22)12-3-2-6-17-15(12)13/h2-6,9-10,16H,7-8H2,1H3. The molecule has 0 bridgehead atoms. The van der Waals surface area contributed by atoms with E-state index in [1.165, 1.54) is 6.07 Å². The predicted octanol–water partition coefficient (Wildman–Crippen LogP) is 2.76. The van der Waals surface area contributed by atoms with Gasteiger partial charge in [0.05, 0.1) is 28.7 Å². The molecule has 3 rings (SSSR count). The van der Waals surface area contributed by atoms with Crippen LogP contribution in [-0.4, -0.2) is 26.2 Å². The fourth-order valence-electron chi connectivity index (χ4n) is 2.35. The van der Waals surface area contributed by atoms with Crippen LogP contribution in [-0.2, 0) is 6.54 Å². The van der Waals surface area contributed by atoms with Gasteiger partial charge in [-0.25, -0.2) is 0 Å². The number of nitro groups is 1. The van der Waals surface area contributed by atoms with Gasteiger partial charge in [-0.3, -0.25) is 19.8 Å². The fraction of sp³-hybridized carbons (Fsp3) is 0.200. The number of nitrogens with one attached hydrogen (secondary N) is 1. The van der Waals surface area contributed by atoms with Crippen LogP contribution in [0, 0.1) is 17.0 Å². The number of rotatable bonds is 5. The first-order valence-corrected chi connectivity index (χ1v) is 6.90. The summed E-state index contributed by atoms with van der Waals surface area (Å²) in [4.78, 5) is 14.9. The predicted molar refractivity (Wildman–Crippen MR) is 83.9 cm³/mol. The molecule has 0 aliphatic carbocycles. The first kappa shape index (κ1) is 14.0. The molecule has 1 aromatic carbocycles. The minimum Gasteiger partial charge on any atom is -0.381 e. The zero-order valence-corrected chi connectivity index (χ0v) is 12.1. The topological polar surface area (TPSA) is 85.9 Å². The Kier molecular flexibility index (Phi) is 3.69. The van der Waals surface area contributed by atoms with Gasteiger partial charge in [-0.15, -0.1) is 0 Å². The van der Waals surface area contributed by atoms with E-state index in [0.717, 1.165) is 11.3 Å². The molecule has 1 N–H and O–H groups in total. The number of pyridine rings is 1. The summed E-state index contributed by atoms with van der Waals surface area (Å²) in [6, 6.07) is 6.61. The van der Waals surface area contributed by atoms with E-state index >= 15 is 0 Å². The summed E-state index contributed by atoms with van der Waals surface area (Å²) in [6.45, 7) is 3.36. The fourth-order valence-corrected chi connectivity index (χ4v) is 2.35. The van der Waals surface area contributed by atoms with Gasteiger partial charge in [-0.2, -0.15) is 5.10 Å². The van der Waals surface area contributed by atoms with Crippen molar-refractivity contribution in [2.45, 2.75) is 13.5 Å². The van der Waals surface area contributed by atoms with E-state index in [9.17, 15) is 10.1 Å². The molecule has 2 heterocycles. The molecule has 3 aromatic rings. The molecule has 0 unspecified atom stereocenters. The summed E-state index contributed by atoms with van der Waals surface area (Å²) in [5.74, 6) is 0. The molecule has 0 spiro atoms. The molecule has 0 atom stereocenters. The largest absolute Gasteiger partial charge is 0.381 e. The molecule has 2 aromatic heterocycles. The lowest BCUT2D eigenvalue weighted by Gasteiger charge is -2.09. The van der Waals surface area contributed by atoms with Crippen molar-refractivity contribution in [3.05, 3.63) is 58.5 Å². The van der Waals surface area contributed by atoms with Gasteiger partial charge in [0.15, 0.2) is 0 Å². The number of non-ortho nitro benzene ring substituents is 1. The van der Waals surface area contributed by atoms with Crippen LogP contribution in [0.1, 0.15) is 5.56 Å². The van der Waals surface area contributed by atoms with E-state index in [1.54, 1.807) is 24.4 Å². The van der Waals surface area contributed by atoms with Gasteiger partial charge in [-0.1, -0.05) is 0 Å². The van der Waals surface area contributed by atoms with Crippen LogP contribution in [0.5, 0.6) is 0 Å². The van der Waals surface area contributed by atoms with Crippen LogP contribution in [0.3, 0.4) is 0 Å². The van der Waals surface area contributed by atoms with Gasteiger partial charge in [0.1, 0.15) is 5.52 Å². The highest BCUT2D eigenvalue weighted by Crippen LogP contribution is 2.29. The highest BCUT2D eigenvalue weighted by Gasteiger charge is 2.14. The molecule has 0 aliphatic heterocycles. The number of nitrogens with zero attached hydrogens (tertiary/aromatic N) is 4. The van der Waals surface area contributed by atoms with Crippen LogP contribution in [0.2, 0.25) is 0 Å². The van der Waals surface area contributed by atoms with Gasteiger partial charge in [0, 0.05) is 25.0 Å². The van der Waals surface area contributed by atoms with E-state index < -0.39 is 0 Å². The minimum absolute atomic E-state index is 0.0661. The van der Waals surface area contributed by atoms with E-state index in [4.69, 9.17) is 0 Å². The third-order valence-corrected chi connectivity index (χ3v) is 3.36. The first-order chi connectivity index (χ1) is 10.6. The van der Waals surface area contributed by atoms with Crippen LogP contribution >= 0.6 is 0 Å². The second-order valence-electron chi connectivity index (χ2n) is 5.00. The summed E-state index contributed by atoms with van der Waals surface area (Å²) < 4.78 is 1.85. The SMILES string of the molecule is Cc1cnn(CCNc2ccc([N+](=O)[O-])c3cccnc23)c1. The Morgan fingerprint density at radius 1 is 1.36 bits per heavy atom. The molecular formula is C15H15N5O2. The maximum absolute atomic E-state index is 11.1. The smallest absolute Gasteiger partial charge is 0.278 e. The second-order valence-corrected chi connectivity index (χ2v) is 5.00. The van der Waals surface area contributed by atoms with Crippen molar-refractivity contribution in [1.29, 1.82) is 0 Å². The Labute approximate surface area is 126 Å². The third kappa shape index (κ3) is 2.73. The zero-order valence-electron chi connectivity index (χ0n) is 12.1. The lowest BCUT2D eigenvalue weighted by molar-refractivity contribution is -0.383. The molecule has 22 heavy (non-hydrogen) atoms. The van der Waals surface area contributed by atoms with Crippen molar-refractivity contribution in [2.75, 3.05) is 11.9 Å². The molecule has 0 aliphatic rings. The Morgan fingerprint density at radius 2 is 2.23 bits per heavy atom. The monoisotopic (exact) mass is 297 g/mol. The molecule has 0 fully saturated rings. The average molecular weight is 297 g/mol. The number of nitro benzene ring substituents is 1. The number of aryl methyl sites for hydroxylation is 1. The normalized spacial score (nSPS) is 10.8. The highest BCUT2D eigenvalue weighted by atomic mass is 16.6. The van der Waals surface area contributed by atoms with Gasteiger partial charge < -0.3 is 5.32 Å². The van der Waals surface area contributed by atoms with Crippen molar-refractivity contribution in [3.8, 4) is 0 Å². The number of hydrogen-bond donors (Lipinski definition) is 1. The van der Waals surface area contributed by atoms with Crippen LogP contribution < -0.4 is 5.32 Å². The zero-order chi connectivity index (χ0) is 15.5. The van der Waals surface area contributed by atoms with Crippen LogP contribution in [0.15, 0.2) is 42.9 Å². The summed E-state index contributed by atoms with van der Waals surface area (Å²) >= 11 is 0. The van der Waals surface area contributed by atoms with E-state index in [-0.39, 0.29) is 10.6 Å². The average Bonchev–Trinajstić information content (AvgIpc) is 2.92. The summed E-state index contributed by atoms with van der Waals surface area (Å²) in [5, 5.41) is 19.1. The summed E-state index contributed by atoms with van der Waals surface area (Å²) in [7, 11) is 0. The van der Waals surface area contributed by atoms with E-state index in [0.29, 0.717) is 24.0 Å². The molecule has 0 amide bonds. The van der Waals surface area contributed by atoms with Crippen LogP contribution in [0.25, 0.3) is 10.9 Å². The molecular weight excluding hydrogens is 282 g/mol. The van der Waals surface area contributed by atoms with Crippen molar-refractivity contribution < 1.29 is 4.92 Å². The minimum atomic E-state index is -0.389. The Bertz CT molecular complexity index is 828.